The standard InChI is InChI=1S/C15H17BrN4O3/c1-10-13(7-19-23-10)14(21)20-4-2-3-11(8-20)9-22-15-17-5-12(16)6-18-15/h5-7,11H,2-4,8-9H2,1H3. The summed E-state index contributed by atoms with van der Waals surface area (Å²) in [6, 6.07) is 0.353. The first-order valence-electron chi connectivity index (χ1n) is 7.44. The van der Waals surface area contributed by atoms with Crippen molar-refractivity contribution in [3.63, 3.8) is 0 Å². The molecule has 1 amide bonds. The molecule has 0 N–H and O–H groups in total. The van der Waals surface area contributed by atoms with Crippen LogP contribution in [0.1, 0.15) is 29.0 Å². The number of piperidine rings is 1. The summed E-state index contributed by atoms with van der Waals surface area (Å²) in [7, 11) is 0. The molecule has 0 saturated carbocycles. The molecule has 122 valence electrons. The summed E-state index contributed by atoms with van der Waals surface area (Å²) in [5.74, 6) is 0.782. The SMILES string of the molecule is Cc1oncc1C(=O)N1CCCC(COc2ncc(Br)cn2)C1. The van der Waals surface area contributed by atoms with Crippen molar-refractivity contribution >= 4 is 21.8 Å². The third-order valence-corrected chi connectivity index (χ3v) is 4.24. The molecule has 1 aliphatic heterocycles. The molecule has 2 aromatic heterocycles. The van der Waals surface area contributed by atoms with E-state index in [1.54, 1.807) is 19.3 Å². The number of likely N-dealkylation sites (tertiary alicyclic amines) is 1. The third kappa shape index (κ3) is 3.87. The van der Waals surface area contributed by atoms with Crippen LogP contribution in [-0.4, -0.2) is 45.6 Å². The molecular weight excluding hydrogens is 364 g/mol. The highest BCUT2D eigenvalue weighted by molar-refractivity contribution is 9.10. The Balaban J connectivity index is 1.57. The van der Waals surface area contributed by atoms with Crippen molar-refractivity contribution in [2.24, 2.45) is 5.92 Å². The number of rotatable bonds is 4. The first kappa shape index (κ1) is 15.9. The van der Waals surface area contributed by atoms with E-state index in [2.05, 4.69) is 31.1 Å². The Morgan fingerprint density at radius 3 is 2.91 bits per heavy atom. The number of hydrogen-bond donors (Lipinski definition) is 0. The van der Waals surface area contributed by atoms with Crippen molar-refractivity contribution in [2.45, 2.75) is 19.8 Å². The van der Waals surface area contributed by atoms with Crippen molar-refractivity contribution in [3.8, 4) is 6.01 Å². The lowest BCUT2D eigenvalue weighted by atomic mass is 9.98. The minimum atomic E-state index is -0.0339. The number of amides is 1. The highest BCUT2D eigenvalue weighted by Crippen LogP contribution is 2.20. The molecule has 1 atom stereocenters. The number of nitrogens with zero attached hydrogens (tertiary/aromatic N) is 4. The lowest BCUT2D eigenvalue weighted by Gasteiger charge is -2.32. The number of hydrogen-bond acceptors (Lipinski definition) is 6. The number of carbonyl (C=O) groups is 1. The number of halogens is 1. The molecule has 7 nitrogen and oxygen atoms in total. The van der Waals surface area contributed by atoms with Gasteiger partial charge in [0.2, 0.25) is 0 Å². The maximum Gasteiger partial charge on any atom is 0.316 e. The second-order valence-corrected chi connectivity index (χ2v) is 6.47. The predicted molar refractivity (Wildman–Crippen MR) is 85.1 cm³/mol. The molecule has 1 saturated heterocycles. The first-order valence-corrected chi connectivity index (χ1v) is 8.23. The maximum atomic E-state index is 12.5. The van der Waals surface area contributed by atoms with E-state index in [1.807, 2.05) is 4.90 Å². The Labute approximate surface area is 142 Å². The van der Waals surface area contributed by atoms with Crippen molar-refractivity contribution in [2.75, 3.05) is 19.7 Å². The average Bonchev–Trinajstić information content (AvgIpc) is 3.00. The second kappa shape index (κ2) is 7.08. The molecule has 3 rings (SSSR count). The zero-order valence-corrected chi connectivity index (χ0v) is 14.3. The van der Waals surface area contributed by atoms with Crippen molar-refractivity contribution in [1.82, 2.24) is 20.0 Å². The van der Waals surface area contributed by atoms with E-state index in [0.717, 1.165) is 23.9 Å². The van der Waals surface area contributed by atoms with Crippen LogP contribution in [0, 0.1) is 12.8 Å². The molecule has 2 aromatic rings. The summed E-state index contributed by atoms with van der Waals surface area (Å²) in [6.45, 7) is 3.64. The number of aryl methyl sites for hydroxylation is 1. The lowest BCUT2D eigenvalue weighted by molar-refractivity contribution is 0.0627. The van der Waals surface area contributed by atoms with Gasteiger partial charge in [-0.15, -0.1) is 0 Å². The molecule has 23 heavy (non-hydrogen) atoms. The molecule has 1 fully saturated rings. The fraction of sp³-hybridized carbons (Fsp3) is 0.467. The zero-order valence-electron chi connectivity index (χ0n) is 12.7. The van der Waals surface area contributed by atoms with Gasteiger partial charge < -0.3 is 14.2 Å². The van der Waals surface area contributed by atoms with Crippen LogP contribution in [0.25, 0.3) is 0 Å². The first-order chi connectivity index (χ1) is 11.1. The summed E-state index contributed by atoms with van der Waals surface area (Å²) in [5.41, 5.74) is 0.530. The summed E-state index contributed by atoms with van der Waals surface area (Å²) < 4.78 is 11.4. The molecule has 0 aliphatic carbocycles. The lowest BCUT2D eigenvalue weighted by Crippen LogP contribution is -2.41. The largest absolute Gasteiger partial charge is 0.463 e. The predicted octanol–water partition coefficient (Wildman–Crippen LogP) is 2.47. The minimum absolute atomic E-state index is 0.0339. The van der Waals surface area contributed by atoms with Crippen LogP contribution in [0.4, 0.5) is 0 Å². The minimum Gasteiger partial charge on any atom is -0.463 e. The molecule has 0 spiro atoms. The molecule has 0 aromatic carbocycles. The quantitative estimate of drug-likeness (QED) is 0.810. The third-order valence-electron chi connectivity index (χ3n) is 3.83. The molecule has 0 bridgehead atoms. The second-order valence-electron chi connectivity index (χ2n) is 5.55. The monoisotopic (exact) mass is 380 g/mol. The van der Waals surface area contributed by atoms with Gasteiger partial charge >= 0.3 is 6.01 Å². The van der Waals surface area contributed by atoms with Gasteiger partial charge in [0.1, 0.15) is 11.3 Å². The van der Waals surface area contributed by atoms with Gasteiger partial charge in [-0.05, 0) is 35.7 Å². The Bertz CT molecular complexity index is 674. The van der Waals surface area contributed by atoms with Crippen LogP contribution >= 0.6 is 15.9 Å². The van der Waals surface area contributed by atoms with Gasteiger partial charge in [-0.2, -0.15) is 0 Å². The highest BCUT2D eigenvalue weighted by atomic mass is 79.9. The summed E-state index contributed by atoms with van der Waals surface area (Å²) >= 11 is 3.28. The smallest absolute Gasteiger partial charge is 0.316 e. The Kier molecular flexibility index (Phi) is 4.90. The van der Waals surface area contributed by atoms with Crippen molar-refractivity contribution in [3.05, 3.63) is 34.4 Å². The van der Waals surface area contributed by atoms with E-state index in [-0.39, 0.29) is 11.8 Å². The van der Waals surface area contributed by atoms with E-state index in [4.69, 9.17) is 9.26 Å². The van der Waals surface area contributed by atoms with Gasteiger partial charge in [0.25, 0.3) is 5.91 Å². The number of ether oxygens (including phenoxy) is 1. The summed E-state index contributed by atoms with van der Waals surface area (Å²) in [4.78, 5) is 22.5. The zero-order chi connectivity index (χ0) is 16.2. The highest BCUT2D eigenvalue weighted by Gasteiger charge is 2.27. The van der Waals surface area contributed by atoms with Crippen LogP contribution in [0.2, 0.25) is 0 Å². The van der Waals surface area contributed by atoms with E-state index >= 15 is 0 Å². The summed E-state index contributed by atoms with van der Waals surface area (Å²) in [5, 5.41) is 3.67. The molecule has 0 radical (unpaired) electrons. The van der Waals surface area contributed by atoms with Crippen molar-refractivity contribution in [1.29, 1.82) is 0 Å². The fourth-order valence-corrected chi connectivity index (χ4v) is 2.83. The topological polar surface area (TPSA) is 81.4 Å². The Morgan fingerprint density at radius 1 is 1.43 bits per heavy atom. The summed E-state index contributed by atoms with van der Waals surface area (Å²) in [6.07, 6.45) is 6.74. The van der Waals surface area contributed by atoms with Crippen LogP contribution < -0.4 is 4.74 Å². The number of carbonyl (C=O) groups excluding carboxylic acids is 1. The van der Waals surface area contributed by atoms with Crippen molar-refractivity contribution < 1.29 is 14.1 Å². The van der Waals surface area contributed by atoms with Gasteiger partial charge in [0.15, 0.2) is 0 Å². The molecule has 1 aliphatic rings. The Hall–Kier alpha value is -1.96. The maximum absolute atomic E-state index is 12.5. The van der Waals surface area contributed by atoms with E-state index in [1.165, 1.54) is 6.20 Å². The molecule has 1 unspecified atom stereocenters. The number of aromatic nitrogens is 3. The van der Waals surface area contributed by atoms with Gasteiger partial charge in [-0.3, -0.25) is 4.79 Å². The molecular formula is C15H17BrN4O3. The van der Waals surface area contributed by atoms with E-state index in [0.29, 0.717) is 30.5 Å². The van der Waals surface area contributed by atoms with Gasteiger partial charge in [0, 0.05) is 31.4 Å². The van der Waals surface area contributed by atoms with Crippen LogP contribution in [0.3, 0.4) is 0 Å². The van der Waals surface area contributed by atoms with Crippen LogP contribution in [-0.2, 0) is 0 Å². The van der Waals surface area contributed by atoms with Gasteiger partial charge in [-0.25, -0.2) is 9.97 Å². The van der Waals surface area contributed by atoms with E-state index < -0.39 is 0 Å². The van der Waals surface area contributed by atoms with Gasteiger partial charge in [0.05, 0.1) is 17.3 Å². The normalized spacial score (nSPS) is 18.0. The molecule has 8 heteroatoms. The fourth-order valence-electron chi connectivity index (χ4n) is 2.63. The van der Waals surface area contributed by atoms with Crippen LogP contribution in [0.15, 0.2) is 27.6 Å². The Morgan fingerprint density at radius 2 is 2.22 bits per heavy atom. The molecule has 3 heterocycles. The van der Waals surface area contributed by atoms with Crippen LogP contribution in [0.5, 0.6) is 6.01 Å². The van der Waals surface area contributed by atoms with Gasteiger partial charge in [-0.1, -0.05) is 5.16 Å². The van der Waals surface area contributed by atoms with E-state index in [9.17, 15) is 4.79 Å². The average molecular weight is 381 g/mol.